The molecule has 1 aliphatic carbocycles. The Morgan fingerprint density at radius 1 is 1.12 bits per heavy atom. The maximum atomic E-state index is 12.7. The van der Waals surface area contributed by atoms with Crippen molar-refractivity contribution in [2.45, 2.75) is 38.5 Å². The average molecular weight is 434 g/mol. The van der Waals surface area contributed by atoms with Crippen molar-refractivity contribution < 1.29 is 18.7 Å². The molecule has 7 nitrogen and oxygen atoms in total. The highest BCUT2D eigenvalue weighted by atomic mass is 16.5. The van der Waals surface area contributed by atoms with Crippen LogP contribution in [0.15, 0.2) is 47.0 Å². The summed E-state index contributed by atoms with van der Waals surface area (Å²) in [5, 5.41) is 3.95. The largest absolute Gasteiger partial charge is 0.484 e. The van der Waals surface area contributed by atoms with Crippen molar-refractivity contribution >= 4 is 28.6 Å². The summed E-state index contributed by atoms with van der Waals surface area (Å²) in [5.74, 6) is 2.13. The Bertz CT molecular complexity index is 1120. The fourth-order valence-electron chi connectivity index (χ4n) is 4.62. The van der Waals surface area contributed by atoms with Crippen molar-refractivity contribution in [2.24, 2.45) is 5.92 Å². The van der Waals surface area contributed by atoms with Crippen molar-refractivity contribution in [3.8, 4) is 5.75 Å². The summed E-state index contributed by atoms with van der Waals surface area (Å²) in [4.78, 5) is 31.0. The van der Waals surface area contributed by atoms with E-state index in [0.29, 0.717) is 37.5 Å². The predicted molar refractivity (Wildman–Crippen MR) is 121 cm³/mol. The number of pyridine rings is 1. The summed E-state index contributed by atoms with van der Waals surface area (Å²) in [6, 6.07) is 11.2. The fourth-order valence-corrected chi connectivity index (χ4v) is 4.62. The van der Waals surface area contributed by atoms with Gasteiger partial charge in [0.25, 0.3) is 5.91 Å². The molecule has 0 radical (unpaired) electrons. The van der Waals surface area contributed by atoms with Crippen molar-refractivity contribution in [1.29, 1.82) is 0 Å². The summed E-state index contributed by atoms with van der Waals surface area (Å²) in [6.45, 7) is 1.10. The molecule has 1 aliphatic heterocycles. The number of piperidine rings is 1. The van der Waals surface area contributed by atoms with Crippen LogP contribution >= 0.6 is 0 Å². The third kappa shape index (κ3) is 4.33. The average Bonchev–Trinajstić information content (AvgIpc) is 3.21. The lowest BCUT2D eigenvalue weighted by molar-refractivity contribution is -0.136. The molecule has 1 saturated heterocycles. The van der Waals surface area contributed by atoms with E-state index in [1.807, 2.05) is 30.3 Å². The second-order valence-corrected chi connectivity index (χ2v) is 8.52. The van der Waals surface area contributed by atoms with Gasteiger partial charge in [-0.15, -0.1) is 0 Å². The Morgan fingerprint density at radius 3 is 2.78 bits per heavy atom. The molecular weight excluding hydrogens is 406 g/mol. The van der Waals surface area contributed by atoms with E-state index in [-0.39, 0.29) is 24.3 Å². The number of rotatable bonds is 5. The molecule has 7 heteroatoms. The number of carbonyl (C=O) groups excluding carboxylic acids is 2. The quantitative estimate of drug-likeness (QED) is 0.658. The van der Waals surface area contributed by atoms with Gasteiger partial charge < -0.3 is 19.4 Å². The van der Waals surface area contributed by atoms with E-state index in [9.17, 15) is 9.59 Å². The molecule has 5 rings (SSSR count). The molecule has 0 bridgehead atoms. The summed E-state index contributed by atoms with van der Waals surface area (Å²) < 4.78 is 11.8. The van der Waals surface area contributed by atoms with Gasteiger partial charge in [-0.2, -0.15) is 0 Å². The van der Waals surface area contributed by atoms with E-state index in [1.54, 1.807) is 17.2 Å². The van der Waals surface area contributed by atoms with Crippen molar-refractivity contribution in [2.75, 3.05) is 25.0 Å². The summed E-state index contributed by atoms with van der Waals surface area (Å²) in [7, 11) is 0. The number of ether oxygens (including phenoxy) is 1. The van der Waals surface area contributed by atoms with Gasteiger partial charge in [-0.1, -0.05) is 6.07 Å². The summed E-state index contributed by atoms with van der Waals surface area (Å²) in [5.41, 5.74) is 2.18. The molecule has 3 aromatic rings. The Morgan fingerprint density at radius 2 is 1.97 bits per heavy atom. The highest BCUT2D eigenvalue weighted by Gasteiger charge is 2.28. The zero-order valence-electron chi connectivity index (χ0n) is 18.0. The van der Waals surface area contributed by atoms with Gasteiger partial charge in [0.2, 0.25) is 5.91 Å². The lowest BCUT2D eigenvalue weighted by atomic mass is 9.96. The van der Waals surface area contributed by atoms with E-state index in [2.05, 4.69) is 10.3 Å². The molecular formula is C25H27N3O4. The molecule has 0 unspecified atom stereocenters. The van der Waals surface area contributed by atoms with Crippen LogP contribution in [0.2, 0.25) is 0 Å². The standard InChI is InChI=1S/C25H27N3O4/c29-24(28-13-10-17(11-14-28)25(30)27-23-7-3-4-12-26-23)16-31-18-8-9-22-20(15-18)19-5-1-2-6-21(19)32-22/h3-4,7-9,12,15,17H,1-2,5-6,10-11,13-14,16H2,(H,26,27,30). The van der Waals surface area contributed by atoms with Crippen LogP contribution in [0.25, 0.3) is 11.0 Å². The number of aryl methyl sites for hydroxylation is 2. The number of furan rings is 1. The Labute approximate surface area is 186 Å². The Balaban J connectivity index is 1.13. The number of amides is 2. The number of aromatic nitrogens is 1. The van der Waals surface area contributed by atoms with Crippen LogP contribution < -0.4 is 10.1 Å². The zero-order valence-corrected chi connectivity index (χ0v) is 18.0. The number of hydrogen-bond acceptors (Lipinski definition) is 5. The lowest BCUT2D eigenvalue weighted by Crippen LogP contribution is -2.43. The lowest BCUT2D eigenvalue weighted by Gasteiger charge is -2.31. The minimum absolute atomic E-state index is 0.00362. The number of carbonyl (C=O) groups is 2. The van der Waals surface area contributed by atoms with Gasteiger partial charge >= 0.3 is 0 Å². The van der Waals surface area contributed by atoms with Gasteiger partial charge in [0, 0.05) is 42.6 Å². The molecule has 1 aromatic carbocycles. The Hall–Kier alpha value is -3.35. The SMILES string of the molecule is O=C(Nc1ccccn1)C1CCN(C(=O)COc2ccc3oc4c(c3c2)CCCC4)CC1. The number of nitrogens with zero attached hydrogens (tertiary/aromatic N) is 2. The minimum Gasteiger partial charge on any atom is -0.484 e. The first-order valence-electron chi connectivity index (χ1n) is 11.3. The van der Waals surface area contributed by atoms with E-state index in [4.69, 9.17) is 9.15 Å². The van der Waals surface area contributed by atoms with Gasteiger partial charge in [-0.25, -0.2) is 4.98 Å². The van der Waals surface area contributed by atoms with Crippen LogP contribution in [0.1, 0.15) is 37.0 Å². The molecule has 166 valence electrons. The number of hydrogen-bond donors (Lipinski definition) is 1. The molecule has 2 aliphatic rings. The highest BCUT2D eigenvalue weighted by molar-refractivity contribution is 5.92. The molecule has 2 aromatic heterocycles. The van der Waals surface area contributed by atoms with E-state index < -0.39 is 0 Å². The van der Waals surface area contributed by atoms with Crippen molar-refractivity contribution in [3.05, 3.63) is 53.9 Å². The second-order valence-electron chi connectivity index (χ2n) is 8.52. The van der Waals surface area contributed by atoms with Crippen LogP contribution in [-0.2, 0) is 22.4 Å². The smallest absolute Gasteiger partial charge is 0.260 e. The summed E-state index contributed by atoms with van der Waals surface area (Å²) in [6.07, 6.45) is 7.31. The van der Waals surface area contributed by atoms with E-state index >= 15 is 0 Å². The summed E-state index contributed by atoms with van der Waals surface area (Å²) >= 11 is 0. The molecule has 32 heavy (non-hydrogen) atoms. The van der Waals surface area contributed by atoms with Crippen LogP contribution in [-0.4, -0.2) is 41.4 Å². The molecule has 0 atom stereocenters. The van der Waals surface area contributed by atoms with E-state index in [0.717, 1.165) is 29.6 Å². The van der Waals surface area contributed by atoms with Crippen LogP contribution in [0.5, 0.6) is 5.75 Å². The van der Waals surface area contributed by atoms with Gasteiger partial charge in [-0.3, -0.25) is 9.59 Å². The maximum absolute atomic E-state index is 12.7. The van der Waals surface area contributed by atoms with Crippen LogP contribution in [0.3, 0.4) is 0 Å². The first-order valence-corrected chi connectivity index (χ1v) is 11.3. The third-order valence-corrected chi connectivity index (χ3v) is 6.42. The molecule has 0 spiro atoms. The van der Waals surface area contributed by atoms with Gasteiger partial charge in [0.05, 0.1) is 0 Å². The number of likely N-dealkylation sites (tertiary alicyclic amines) is 1. The molecule has 1 fully saturated rings. The fraction of sp³-hybridized carbons (Fsp3) is 0.400. The molecule has 0 saturated carbocycles. The topological polar surface area (TPSA) is 84.7 Å². The Kier molecular flexibility index (Phi) is 5.79. The maximum Gasteiger partial charge on any atom is 0.260 e. The first kappa shape index (κ1) is 20.5. The minimum atomic E-state index is -0.114. The molecule has 1 N–H and O–H groups in total. The highest BCUT2D eigenvalue weighted by Crippen LogP contribution is 2.34. The normalized spacial score (nSPS) is 16.6. The second kappa shape index (κ2) is 9.02. The monoisotopic (exact) mass is 433 g/mol. The van der Waals surface area contributed by atoms with Crippen LogP contribution in [0.4, 0.5) is 5.82 Å². The molecule has 3 heterocycles. The van der Waals surface area contributed by atoms with E-state index in [1.165, 1.54) is 18.4 Å². The van der Waals surface area contributed by atoms with Crippen LogP contribution in [0, 0.1) is 5.92 Å². The van der Waals surface area contributed by atoms with Crippen molar-refractivity contribution in [3.63, 3.8) is 0 Å². The predicted octanol–water partition coefficient (Wildman–Crippen LogP) is 3.96. The third-order valence-electron chi connectivity index (χ3n) is 6.42. The van der Waals surface area contributed by atoms with Crippen molar-refractivity contribution in [1.82, 2.24) is 9.88 Å². The first-order chi connectivity index (χ1) is 15.7. The molecule has 2 amide bonds. The zero-order chi connectivity index (χ0) is 21.9. The number of benzene rings is 1. The van der Waals surface area contributed by atoms with Gasteiger partial charge in [-0.05, 0) is 62.4 Å². The van der Waals surface area contributed by atoms with Gasteiger partial charge in [0.15, 0.2) is 6.61 Å². The number of anilines is 1. The van der Waals surface area contributed by atoms with Gasteiger partial charge in [0.1, 0.15) is 22.9 Å². The number of nitrogens with one attached hydrogen (secondary N) is 1. The number of fused-ring (bicyclic) bond motifs is 3.